The molecule has 0 aromatic rings. The summed E-state index contributed by atoms with van der Waals surface area (Å²) in [6, 6.07) is 0. The van der Waals surface area contributed by atoms with Crippen molar-refractivity contribution < 1.29 is 19.6 Å². The lowest BCUT2D eigenvalue weighted by atomic mass is 10.2. The summed E-state index contributed by atoms with van der Waals surface area (Å²) in [5, 5.41) is 52.0. The Bertz CT molecular complexity index is 253. The van der Waals surface area contributed by atoms with E-state index in [2.05, 4.69) is 0 Å². The SMILES string of the molecule is CC(C(=O)O)(/[N+]([O-])=N/[O-])/[N+]([O-])=N/[O-]. The van der Waals surface area contributed by atoms with E-state index in [1.165, 1.54) is 0 Å². The Kier molecular flexibility index (Phi) is 2.94. The molecule has 0 fully saturated rings. The summed E-state index contributed by atoms with van der Waals surface area (Å²) >= 11 is 0. The van der Waals surface area contributed by atoms with Gasteiger partial charge in [0.25, 0.3) is 0 Å². The maximum Gasteiger partial charge on any atom is 0.511 e. The van der Waals surface area contributed by atoms with E-state index in [9.17, 15) is 25.6 Å². The molecule has 0 saturated heterocycles. The number of carbonyl (C=O) groups is 1. The van der Waals surface area contributed by atoms with Gasteiger partial charge in [0.05, 0.1) is 6.92 Å². The first-order chi connectivity index (χ1) is 5.91. The molecule has 13 heavy (non-hydrogen) atoms. The standard InChI is InChI=1S/C3H6N4O6/c1-3(2(8)9,6(12)4-10)7(13)5-11/h10-11H,1H3,(H,8,9)/p-2/b6-4-,7-5-. The van der Waals surface area contributed by atoms with E-state index >= 15 is 0 Å². The molecule has 0 saturated carbocycles. The Hall–Kier alpha value is -2.13. The molecule has 0 unspecified atom stereocenters. The average molecular weight is 192 g/mol. The largest absolute Gasteiger partial charge is 0.739 e. The van der Waals surface area contributed by atoms with E-state index in [4.69, 9.17) is 5.11 Å². The van der Waals surface area contributed by atoms with Gasteiger partial charge in [-0.3, -0.25) is 0 Å². The summed E-state index contributed by atoms with van der Waals surface area (Å²) < 4.78 is 0. The number of carboxylic acids is 1. The minimum atomic E-state index is -2.97. The molecule has 10 heteroatoms. The summed E-state index contributed by atoms with van der Waals surface area (Å²) in [4.78, 5) is 8.40. The average Bonchev–Trinajstić information content (AvgIpc) is 2.13. The van der Waals surface area contributed by atoms with E-state index in [1.807, 2.05) is 0 Å². The Morgan fingerprint density at radius 3 is 1.77 bits per heavy atom. The normalized spacial score (nSPS) is 14.2. The maximum atomic E-state index is 10.5. The fourth-order valence-corrected chi connectivity index (χ4v) is 0.396. The Labute approximate surface area is 70.7 Å². The van der Waals surface area contributed by atoms with Gasteiger partial charge in [0.15, 0.2) is 0 Å². The first-order valence-electron chi connectivity index (χ1n) is 2.76. The van der Waals surface area contributed by atoms with Crippen molar-refractivity contribution in [2.45, 2.75) is 12.6 Å². The first-order valence-corrected chi connectivity index (χ1v) is 2.76. The van der Waals surface area contributed by atoms with Crippen molar-refractivity contribution in [1.82, 2.24) is 0 Å². The molecule has 0 aromatic carbocycles. The van der Waals surface area contributed by atoms with Crippen molar-refractivity contribution >= 4 is 5.97 Å². The van der Waals surface area contributed by atoms with Crippen LogP contribution in [-0.2, 0) is 4.79 Å². The topological polar surface area (TPSA) is 160 Å². The molecule has 0 aliphatic heterocycles. The quantitative estimate of drug-likeness (QED) is 0.279. The number of hydrogen-bond donors (Lipinski definition) is 1. The Morgan fingerprint density at radius 1 is 1.31 bits per heavy atom. The van der Waals surface area contributed by atoms with Crippen molar-refractivity contribution in [2.24, 2.45) is 10.6 Å². The molecule has 0 atom stereocenters. The van der Waals surface area contributed by atoms with Crippen LogP contribution in [0.5, 0.6) is 0 Å². The molecule has 0 aromatic heterocycles. The van der Waals surface area contributed by atoms with Crippen LogP contribution in [0.2, 0.25) is 0 Å². The summed E-state index contributed by atoms with van der Waals surface area (Å²) in [6.45, 7) is 0.512. The van der Waals surface area contributed by atoms with Crippen LogP contribution in [0.1, 0.15) is 6.92 Å². The molecule has 0 spiro atoms. The predicted octanol–water partition coefficient (Wildman–Crippen LogP) is -0.292. The third-order valence-corrected chi connectivity index (χ3v) is 1.30. The van der Waals surface area contributed by atoms with E-state index < -0.39 is 21.4 Å². The highest BCUT2D eigenvalue weighted by Crippen LogP contribution is 2.12. The van der Waals surface area contributed by atoms with Crippen LogP contribution in [0.25, 0.3) is 0 Å². The summed E-state index contributed by atoms with van der Waals surface area (Å²) in [5.41, 5.74) is -2.97. The third kappa shape index (κ3) is 1.55. The molecular weight excluding hydrogens is 188 g/mol. The van der Waals surface area contributed by atoms with E-state index in [1.54, 1.807) is 10.6 Å². The lowest BCUT2D eigenvalue weighted by Gasteiger charge is -2.18. The molecular formula is C3H4N4O6-2. The van der Waals surface area contributed by atoms with Crippen molar-refractivity contribution in [2.75, 3.05) is 0 Å². The highest BCUT2D eigenvalue weighted by atomic mass is 16.6. The second kappa shape index (κ2) is 3.51. The van der Waals surface area contributed by atoms with Crippen LogP contribution in [0, 0.1) is 20.8 Å². The molecule has 0 aliphatic rings. The number of nitrogens with zero attached hydrogens (tertiary/aromatic N) is 4. The van der Waals surface area contributed by atoms with E-state index in [0.29, 0.717) is 6.92 Å². The van der Waals surface area contributed by atoms with E-state index in [-0.39, 0.29) is 0 Å². The van der Waals surface area contributed by atoms with E-state index in [0.717, 1.165) is 0 Å². The minimum Gasteiger partial charge on any atom is -0.739 e. The Morgan fingerprint density at radius 2 is 1.62 bits per heavy atom. The number of hydroxylamine groups is 2. The second-order valence-corrected chi connectivity index (χ2v) is 2.04. The van der Waals surface area contributed by atoms with Crippen molar-refractivity contribution in [3.8, 4) is 0 Å². The fraction of sp³-hybridized carbons (Fsp3) is 0.667. The number of aliphatic carboxylic acids is 1. The molecule has 0 aliphatic carbocycles. The number of carboxylic acid groups (broad SMARTS) is 1. The molecule has 0 rings (SSSR count). The molecule has 10 nitrogen and oxygen atoms in total. The van der Waals surface area contributed by atoms with Gasteiger partial charge in [-0.05, 0) is 20.3 Å². The molecule has 0 bridgehead atoms. The zero-order valence-corrected chi connectivity index (χ0v) is 6.28. The van der Waals surface area contributed by atoms with Crippen molar-refractivity contribution in [3.05, 3.63) is 20.8 Å². The van der Waals surface area contributed by atoms with Crippen LogP contribution in [-0.4, -0.2) is 26.5 Å². The smallest absolute Gasteiger partial charge is 0.511 e. The van der Waals surface area contributed by atoms with Crippen LogP contribution in [0.4, 0.5) is 0 Å². The highest BCUT2D eigenvalue weighted by Gasteiger charge is 2.55. The first kappa shape index (κ1) is 10.9. The van der Waals surface area contributed by atoms with Crippen molar-refractivity contribution in [3.63, 3.8) is 0 Å². The fourth-order valence-electron chi connectivity index (χ4n) is 0.396. The van der Waals surface area contributed by atoms with Gasteiger partial charge in [-0.2, -0.15) is 0 Å². The number of rotatable bonds is 3. The zero-order chi connectivity index (χ0) is 10.6. The highest BCUT2D eigenvalue weighted by molar-refractivity contribution is 5.74. The van der Waals surface area contributed by atoms with Gasteiger partial charge in [0.2, 0.25) is 0 Å². The molecule has 0 radical (unpaired) electrons. The summed E-state index contributed by atoms with van der Waals surface area (Å²) in [6.07, 6.45) is 0. The summed E-state index contributed by atoms with van der Waals surface area (Å²) in [7, 11) is 0. The lowest BCUT2D eigenvalue weighted by molar-refractivity contribution is -0.807. The molecule has 0 amide bonds. The van der Waals surface area contributed by atoms with Gasteiger partial charge in [-0.25, -0.2) is 4.79 Å². The molecule has 74 valence electrons. The molecule has 1 N–H and O–H groups in total. The predicted molar refractivity (Wildman–Crippen MR) is 34.9 cm³/mol. The minimum absolute atomic E-state index is 0.512. The van der Waals surface area contributed by atoms with Gasteiger partial charge in [-0.1, -0.05) is 0 Å². The second-order valence-electron chi connectivity index (χ2n) is 2.04. The zero-order valence-electron chi connectivity index (χ0n) is 6.28. The third-order valence-electron chi connectivity index (χ3n) is 1.30. The van der Waals surface area contributed by atoms with Crippen LogP contribution < -0.4 is 0 Å². The van der Waals surface area contributed by atoms with Crippen LogP contribution in [0.3, 0.4) is 0 Å². The van der Waals surface area contributed by atoms with Gasteiger partial charge in [0.1, 0.15) is 0 Å². The maximum absolute atomic E-state index is 10.5. The van der Waals surface area contributed by atoms with Gasteiger partial charge in [-0.15, -0.1) is 0 Å². The van der Waals surface area contributed by atoms with Gasteiger partial charge < -0.3 is 25.9 Å². The van der Waals surface area contributed by atoms with Crippen LogP contribution >= 0.6 is 0 Å². The lowest BCUT2D eigenvalue weighted by Crippen LogP contribution is -2.51. The van der Waals surface area contributed by atoms with Crippen molar-refractivity contribution in [1.29, 1.82) is 0 Å². The summed E-state index contributed by atoms with van der Waals surface area (Å²) in [5.74, 6) is -2.02. The molecule has 0 heterocycles. The monoisotopic (exact) mass is 192 g/mol. The van der Waals surface area contributed by atoms with Gasteiger partial charge in [0, 0.05) is 0 Å². The van der Waals surface area contributed by atoms with Gasteiger partial charge >= 0.3 is 11.6 Å². The van der Waals surface area contributed by atoms with Crippen LogP contribution in [0.15, 0.2) is 10.6 Å². The number of hydrogen-bond acceptors (Lipinski definition) is 7. The Balaban J connectivity index is 5.33.